The minimum atomic E-state index is -0.382. The highest BCUT2D eigenvalue weighted by Gasteiger charge is 2.14. The van der Waals surface area contributed by atoms with Gasteiger partial charge < -0.3 is 5.32 Å². The highest BCUT2D eigenvalue weighted by molar-refractivity contribution is 5.91. The van der Waals surface area contributed by atoms with Crippen LogP contribution < -0.4 is 10.9 Å². The molecule has 3 rings (SSSR count). The number of amides is 1. The molecule has 0 saturated heterocycles. The quantitative estimate of drug-likeness (QED) is 0.784. The molecule has 5 nitrogen and oxygen atoms in total. The van der Waals surface area contributed by atoms with Crippen molar-refractivity contribution >= 4 is 11.6 Å². The zero-order chi connectivity index (χ0) is 18.7. The number of anilines is 1. The van der Waals surface area contributed by atoms with Crippen molar-refractivity contribution in [3.63, 3.8) is 0 Å². The summed E-state index contributed by atoms with van der Waals surface area (Å²) in [5, 5.41) is 2.80. The molecular weight excluding hydrogens is 333 g/mol. The van der Waals surface area contributed by atoms with E-state index in [0.717, 1.165) is 5.56 Å². The van der Waals surface area contributed by atoms with Gasteiger partial charge in [-0.2, -0.15) is 0 Å². The molecule has 0 bridgehead atoms. The molecule has 0 fully saturated rings. The van der Waals surface area contributed by atoms with Crippen molar-refractivity contribution in [2.24, 2.45) is 0 Å². The first-order valence-electron chi connectivity index (χ1n) is 8.14. The Morgan fingerprint density at radius 2 is 1.81 bits per heavy atom. The van der Waals surface area contributed by atoms with E-state index < -0.39 is 0 Å². The molecule has 1 heterocycles. The third-order valence-corrected chi connectivity index (χ3v) is 3.96. The smallest absolute Gasteiger partial charge is 0.254 e. The molecule has 1 aromatic heterocycles. The summed E-state index contributed by atoms with van der Waals surface area (Å²) in [6, 6.07) is 14.4. The minimum absolute atomic E-state index is 0.187. The SMILES string of the molecule is Cc1cc(=O)n(CC(=O)Nc2ccccc2C)c(-c2ccc(F)cc2)n1. The fraction of sp³-hybridized carbons (Fsp3) is 0.150. The highest BCUT2D eigenvalue weighted by Crippen LogP contribution is 2.17. The number of para-hydroxylation sites is 1. The lowest BCUT2D eigenvalue weighted by Crippen LogP contribution is -2.29. The lowest BCUT2D eigenvalue weighted by Gasteiger charge is -2.14. The molecule has 132 valence electrons. The summed E-state index contributed by atoms with van der Waals surface area (Å²) < 4.78 is 14.5. The molecule has 0 spiro atoms. The number of aryl methyl sites for hydroxylation is 2. The first-order chi connectivity index (χ1) is 12.4. The molecule has 0 atom stereocenters. The van der Waals surface area contributed by atoms with Gasteiger partial charge in [-0.25, -0.2) is 9.37 Å². The number of carbonyl (C=O) groups excluding carboxylic acids is 1. The Balaban J connectivity index is 1.94. The predicted molar refractivity (Wildman–Crippen MR) is 98.4 cm³/mol. The monoisotopic (exact) mass is 351 g/mol. The molecule has 1 N–H and O–H groups in total. The van der Waals surface area contributed by atoms with Gasteiger partial charge in [0.05, 0.1) is 0 Å². The zero-order valence-corrected chi connectivity index (χ0v) is 14.5. The molecule has 0 aliphatic heterocycles. The first-order valence-corrected chi connectivity index (χ1v) is 8.14. The van der Waals surface area contributed by atoms with E-state index in [1.165, 1.54) is 34.9 Å². The van der Waals surface area contributed by atoms with Gasteiger partial charge in [-0.05, 0) is 49.7 Å². The summed E-state index contributed by atoms with van der Waals surface area (Å²) in [6.45, 7) is 3.40. The number of nitrogens with one attached hydrogen (secondary N) is 1. The molecule has 3 aromatic rings. The number of halogens is 1. The fourth-order valence-electron chi connectivity index (χ4n) is 2.64. The van der Waals surface area contributed by atoms with E-state index >= 15 is 0 Å². The van der Waals surface area contributed by atoms with Crippen LogP contribution in [0.4, 0.5) is 10.1 Å². The Kier molecular flexibility index (Phi) is 4.93. The Morgan fingerprint density at radius 1 is 1.12 bits per heavy atom. The third-order valence-electron chi connectivity index (χ3n) is 3.96. The summed E-state index contributed by atoms with van der Waals surface area (Å²) in [7, 11) is 0. The van der Waals surface area contributed by atoms with E-state index in [9.17, 15) is 14.0 Å². The van der Waals surface area contributed by atoms with E-state index in [2.05, 4.69) is 10.3 Å². The summed E-state index contributed by atoms with van der Waals surface area (Å²) in [5.41, 5.74) is 2.38. The summed E-state index contributed by atoms with van der Waals surface area (Å²) in [4.78, 5) is 29.2. The van der Waals surface area contributed by atoms with E-state index in [1.54, 1.807) is 13.0 Å². The largest absolute Gasteiger partial charge is 0.324 e. The Labute approximate surface area is 150 Å². The molecular formula is C20H18FN3O2. The van der Waals surface area contributed by atoms with Crippen LogP contribution in [0.3, 0.4) is 0 Å². The molecule has 6 heteroatoms. The van der Waals surface area contributed by atoms with Crippen molar-refractivity contribution in [1.29, 1.82) is 0 Å². The third kappa shape index (κ3) is 3.85. The zero-order valence-electron chi connectivity index (χ0n) is 14.5. The van der Waals surface area contributed by atoms with Gasteiger partial charge in [0, 0.05) is 23.0 Å². The number of hydrogen-bond donors (Lipinski definition) is 1. The topological polar surface area (TPSA) is 64.0 Å². The molecule has 0 saturated carbocycles. The van der Waals surface area contributed by atoms with Crippen LogP contribution in [0.2, 0.25) is 0 Å². The summed E-state index contributed by atoms with van der Waals surface area (Å²) in [6.07, 6.45) is 0. The van der Waals surface area contributed by atoms with Gasteiger partial charge in [0.25, 0.3) is 5.56 Å². The number of aromatic nitrogens is 2. The van der Waals surface area contributed by atoms with Crippen LogP contribution in [0.15, 0.2) is 59.4 Å². The van der Waals surface area contributed by atoms with Crippen LogP contribution >= 0.6 is 0 Å². The van der Waals surface area contributed by atoms with Crippen molar-refractivity contribution in [3.05, 3.63) is 82.0 Å². The lowest BCUT2D eigenvalue weighted by molar-refractivity contribution is -0.116. The van der Waals surface area contributed by atoms with Gasteiger partial charge in [0.2, 0.25) is 5.91 Å². The van der Waals surface area contributed by atoms with Crippen LogP contribution in [0.25, 0.3) is 11.4 Å². The second kappa shape index (κ2) is 7.31. The Morgan fingerprint density at radius 3 is 2.50 bits per heavy atom. The van der Waals surface area contributed by atoms with E-state index in [4.69, 9.17) is 0 Å². The molecule has 0 aliphatic carbocycles. The van der Waals surface area contributed by atoms with Crippen molar-refractivity contribution in [3.8, 4) is 11.4 Å². The van der Waals surface area contributed by atoms with Gasteiger partial charge >= 0.3 is 0 Å². The van der Waals surface area contributed by atoms with E-state index in [1.807, 2.05) is 25.1 Å². The molecule has 2 aromatic carbocycles. The maximum absolute atomic E-state index is 13.2. The number of nitrogens with zero attached hydrogens (tertiary/aromatic N) is 2. The molecule has 0 unspecified atom stereocenters. The van der Waals surface area contributed by atoms with Crippen molar-refractivity contribution in [1.82, 2.24) is 9.55 Å². The highest BCUT2D eigenvalue weighted by atomic mass is 19.1. The number of hydrogen-bond acceptors (Lipinski definition) is 3. The van der Waals surface area contributed by atoms with Gasteiger partial charge in [0.1, 0.15) is 18.2 Å². The van der Waals surface area contributed by atoms with Crippen molar-refractivity contribution in [2.45, 2.75) is 20.4 Å². The second-order valence-electron chi connectivity index (χ2n) is 6.02. The standard InChI is InChI=1S/C20H18FN3O2/c1-13-5-3-4-6-17(13)23-18(25)12-24-19(26)11-14(2)22-20(24)15-7-9-16(21)10-8-15/h3-11H,12H2,1-2H3,(H,23,25). The van der Waals surface area contributed by atoms with Crippen LogP contribution in [-0.4, -0.2) is 15.5 Å². The van der Waals surface area contributed by atoms with Gasteiger partial charge in [-0.15, -0.1) is 0 Å². The summed E-state index contributed by atoms with van der Waals surface area (Å²) >= 11 is 0. The Bertz CT molecular complexity index is 1010. The maximum Gasteiger partial charge on any atom is 0.254 e. The minimum Gasteiger partial charge on any atom is -0.324 e. The number of carbonyl (C=O) groups is 1. The van der Waals surface area contributed by atoms with Crippen LogP contribution in [0.5, 0.6) is 0 Å². The molecule has 0 aliphatic rings. The lowest BCUT2D eigenvalue weighted by atomic mass is 10.2. The van der Waals surface area contributed by atoms with Crippen LogP contribution in [0.1, 0.15) is 11.3 Å². The Hall–Kier alpha value is -3.28. The average Bonchev–Trinajstić information content (AvgIpc) is 2.60. The van der Waals surface area contributed by atoms with E-state index in [-0.39, 0.29) is 23.8 Å². The van der Waals surface area contributed by atoms with Crippen LogP contribution in [0, 0.1) is 19.7 Å². The predicted octanol–water partition coefficient (Wildman–Crippen LogP) is 3.30. The van der Waals surface area contributed by atoms with Gasteiger partial charge in [-0.1, -0.05) is 18.2 Å². The fourth-order valence-corrected chi connectivity index (χ4v) is 2.64. The van der Waals surface area contributed by atoms with Crippen molar-refractivity contribution in [2.75, 3.05) is 5.32 Å². The number of benzene rings is 2. The summed E-state index contributed by atoms with van der Waals surface area (Å²) in [5.74, 6) is -0.391. The van der Waals surface area contributed by atoms with Gasteiger partial charge in [-0.3, -0.25) is 14.2 Å². The normalized spacial score (nSPS) is 10.6. The van der Waals surface area contributed by atoms with Crippen molar-refractivity contribution < 1.29 is 9.18 Å². The second-order valence-corrected chi connectivity index (χ2v) is 6.02. The van der Waals surface area contributed by atoms with Gasteiger partial charge in [0.15, 0.2) is 0 Å². The first kappa shape index (κ1) is 17.5. The maximum atomic E-state index is 13.2. The van der Waals surface area contributed by atoms with E-state index in [0.29, 0.717) is 22.8 Å². The molecule has 1 amide bonds. The molecule has 26 heavy (non-hydrogen) atoms. The molecule has 0 radical (unpaired) electrons. The average molecular weight is 351 g/mol. The number of rotatable bonds is 4. The van der Waals surface area contributed by atoms with Crippen LogP contribution in [-0.2, 0) is 11.3 Å².